The van der Waals surface area contributed by atoms with Crippen LogP contribution < -0.4 is 10.1 Å². The van der Waals surface area contributed by atoms with Crippen LogP contribution >= 0.6 is 35.6 Å². The third-order valence-electron chi connectivity index (χ3n) is 3.75. The highest BCUT2D eigenvalue weighted by molar-refractivity contribution is 14.0. The summed E-state index contributed by atoms with van der Waals surface area (Å²) in [7, 11) is 3.79. The second kappa shape index (κ2) is 12.0. The van der Waals surface area contributed by atoms with Gasteiger partial charge in [0.1, 0.15) is 12.4 Å². The van der Waals surface area contributed by atoms with Crippen LogP contribution in [-0.2, 0) is 6.54 Å². The summed E-state index contributed by atoms with van der Waals surface area (Å²) in [4.78, 5) is 6.38. The second-order valence-corrected chi connectivity index (χ2v) is 6.42. The number of guanidine groups is 1. The molecule has 0 saturated heterocycles. The Balaban J connectivity index is 0.00000338. The van der Waals surface area contributed by atoms with Crippen molar-refractivity contribution in [3.8, 4) is 5.75 Å². The number of nitrogens with one attached hydrogen (secondary N) is 1. The van der Waals surface area contributed by atoms with Crippen molar-refractivity contribution in [1.29, 1.82) is 0 Å². The van der Waals surface area contributed by atoms with Gasteiger partial charge in [-0.3, -0.25) is 9.67 Å². The number of aromatic nitrogens is 2. The zero-order valence-electron chi connectivity index (χ0n) is 15.4. The first kappa shape index (κ1) is 22.6. The maximum Gasteiger partial charge on any atom is 0.193 e. The van der Waals surface area contributed by atoms with E-state index in [0.29, 0.717) is 17.5 Å². The van der Waals surface area contributed by atoms with Crippen LogP contribution in [0.15, 0.2) is 47.7 Å². The second-order valence-electron chi connectivity index (χ2n) is 5.99. The fourth-order valence-corrected chi connectivity index (χ4v) is 2.51. The summed E-state index contributed by atoms with van der Waals surface area (Å²) in [6, 6.07) is 9.32. The van der Waals surface area contributed by atoms with Crippen molar-refractivity contribution in [3.63, 3.8) is 0 Å². The normalized spacial score (nSPS) is 12.2. The van der Waals surface area contributed by atoms with E-state index in [0.717, 1.165) is 31.3 Å². The first-order chi connectivity index (χ1) is 12.1. The Bertz CT molecular complexity index is 648. The van der Waals surface area contributed by atoms with E-state index in [1.807, 2.05) is 48.3 Å². The summed E-state index contributed by atoms with van der Waals surface area (Å²) in [5.41, 5.74) is 0. The molecule has 0 radical (unpaired) electrons. The van der Waals surface area contributed by atoms with E-state index in [9.17, 15) is 0 Å². The minimum absolute atomic E-state index is 0. The summed E-state index contributed by atoms with van der Waals surface area (Å²) >= 11 is 5.87. The number of ether oxygens (including phenoxy) is 1. The molecule has 1 atom stereocenters. The van der Waals surface area contributed by atoms with Gasteiger partial charge in [0.05, 0.1) is 6.54 Å². The Morgan fingerprint density at radius 1 is 1.38 bits per heavy atom. The summed E-state index contributed by atoms with van der Waals surface area (Å²) in [6.07, 6.45) is 3.78. The van der Waals surface area contributed by atoms with E-state index in [4.69, 9.17) is 16.3 Å². The van der Waals surface area contributed by atoms with Gasteiger partial charge in [-0.05, 0) is 36.2 Å². The van der Waals surface area contributed by atoms with Gasteiger partial charge in [0.25, 0.3) is 0 Å². The smallest absolute Gasteiger partial charge is 0.193 e. The lowest BCUT2D eigenvalue weighted by Crippen LogP contribution is -2.42. The van der Waals surface area contributed by atoms with Crippen LogP contribution in [0, 0.1) is 5.92 Å². The highest BCUT2D eigenvalue weighted by Gasteiger charge is 2.09. The average Bonchev–Trinajstić information content (AvgIpc) is 3.10. The van der Waals surface area contributed by atoms with Gasteiger partial charge in [0, 0.05) is 44.6 Å². The van der Waals surface area contributed by atoms with Crippen molar-refractivity contribution in [2.24, 2.45) is 10.9 Å². The molecule has 0 aliphatic heterocycles. The Kier molecular flexibility index (Phi) is 10.4. The van der Waals surface area contributed by atoms with Crippen LogP contribution in [0.5, 0.6) is 5.75 Å². The summed E-state index contributed by atoms with van der Waals surface area (Å²) in [5, 5.41) is 8.34. The highest BCUT2D eigenvalue weighted by atomic mass is 127. The number of aliphatic imine (C=N–C) groups is 1. The monoisotopic (exact) mass is 491 g/mol. The van der Waals surface area contributed by atoms with E-state index < -0.39 is 0 Å². The van der Waals surface area contributed by atoms with E-state index >= 15 is 0 Å². The summed E-state index contributed by atoms with van der Waals surface area (Å²) < 4.78 is 7.67. The highest BCUT2D eigenvalue weighted by Crippen LogP contribution is 2.15. The molecular formula is C18H27ClIN5O. The fourth-order valence-electron chi connectivity index (χ4n) is 2.38. The number of nitrogens with zero attached hydrogens (tertiary/aromatic N) is 4. The predicted octanol–water partition coefficient (Wildman–Crippen LogP) is 3.38. The Morgan fingerprint density at radius 2 is 2.12 bits per heavy atom. The van der Waals surface area contributed by atoms with Crippen LogP contribution in [0.25, 0.3) is 0 Å². The lowest BCUT2D eigenvalue weighted by atomic mass is 10.2. The molecule has 6 nitrogen and oxygen atoms in total. The molecule has 0 amide bonds. The number of hydrogen-bond donors (Lipinski definition) is 1. The first-order valence-electron chi connectivity index (χ1n) is 8.36. The van der Waals surface area contributed by atoms with Gasteiger partial charge in [-0.1, -0.05) is 18.5 Å². The van der Waals surface area contributed by atoms with Crippen molar-refractivity contribution < 1.29 is 4.74 Å². The van der Waals surface area contributed by atoms with Crippen LogP contribution in [0.3, 0.4) is 0 Å². The third kappa shape index (κ3) is 7.82. The Labute approximate surface area is 177 Å². The molecule has 1 N–H and O–H groups in total. The van der Waals surface area contributed by atoms with E-state index in [1.165, 1.54) is 0 Å². The molecule has 0 bridgehead atoms. The zero-order valence-corrected chi connectivity index (χ0v) is 18.5. The molecule has 0 aliphatic carbocycles. The lowest BCUT2D eigenvalue weighted by Gasteiger charge is -2.23. The molecule has 1 unspecified atom stereocenters. The van der Waals surface area contributed by atoms with Gasteiger partial charge in [0.15, 0.2) is 5.96 Å². The van der Waals surface area contributed by atoms with Crippen LogP contribution in [0.4, 0.5) is 0 Å². The quantitative estimate of drug-likeness (QED) is 0.349. The molecule has 1 aromatic heterocycles. The molecule has 0 spiro atoms. The molecule has 0 aliphatic rings. The Morgan fingerprint density at radius 3 is 2.73 bits per heavy atom. The van der Waals surface area contributed by atoms with Crippen LogP contribution in [-0.4, -0.2) is 54.4 Å². The average molecular weight is 492 g/mol. The minimum Gasteiger partial charge on any atom is -0.492 e. The number of likely N-dealkylation sites (N-methyl/N-ethyl adjacent to an activating group) is 1. The minimum atomic E-state index is 0. The molecule has 0 fully saturated rings. The van der Waals surface area contributed by atoms with Crippen molar-refractivity contribution in [3.05, 3.63) is 47.7 Å². The summed E-state index contributed by atoms with van der Waals surface area (Å²) in [5.74, 6) is 2.11. The molecule has 144 valence electrons. The summed E-state index contributed by atoms with van der Waals surface area (Å²) in [6.45, 7) is 5.19. The SMILES string of the molecule is CN=C(NCC(C)Cn1cccn1)N(C)CCOc1ccc(Cl)cc1.I. The van der Waals surface area contributed by atoms with Crippen LogP contribution in [0.2, 0.25) is 5.02 Å². The van der Waals surface area contributed by atoms with Crippen molar-refractivity contribution >= 4 is 41.5 Å². The molecule has 2 aromatic rings. The maximum absolute atomic E-state index is 5.87. The van der Waals surface area contributed by atoms with Gasteiger partial charge < -0.3 is 15.0 Å². The number of hydrogen-bond acceptors (Lipinski definition) is 3. The van der Waals surface area contributed by atoms with Gasteiger partial charge in [0.2, 0.25) is 0 Å². The first-order valence-corrected chi connectivity index (χ1v) is 8.74. The Hall–Kier alpha value is -1.48. The number of halogens is 2. The van der Waals surface area contributed by atoms with Crippen LogP contribution in [0.1, 0.15) is 6.92 Å². The third-order valence-corrected chi connectivity index (χ3v) is 4.00. The largest absolute Gasteiger partial charge is 0.492 e. The fraction of sp³-hybridized carbons (Fsp3) is 0.444. The topological polar surface area (TPSA) is 54.7 Å². The van der Waals surface area contributed by atoms with Crippen molar-refractivity contribution in [2.45, 2.75) is 13.5 Å². The van der Waals surface area contributed by atoms with Gasteiger partial charge in [-0.2, -0.15) is 5.10 Å². The molecule has 1 aromatic carbocycles. The van der Waals surface area contributed by atoms with Gasteiger partial charge in [-0.15, -0.1) is 24.0 Å². The number of benzene rings is 1. The van der Waals surface area contributed by atoms with Gasteiger partial charge >= 0.3 is 0 Å². The number of rotatable bonds is 8. The van der Waals surface area contributed by atoms with Crippen molar-refractivity contribution in [2.75, 3.05) is 33.8 Å². The molecule has 26 heavy (non-hydrogen) atoms. The molecule has 8 heteroatoms. The zero-order chi connectivity index (χ0) is 18.1. The van der Waals surface area contributed by atoms with Gasteiger partial charge in [-0.25, -0.2) is 0 Å². The van der Waals surface area contributed by atoms with E-state index in [2.05, 4.69) is 27.2 Å². The standard InChI is InChI=1S/C18H26ClN5O.HI/c1-15(14-24-10-4-9-22-24)13-21-18(20-2)23(3)11-12-25-17-7-5-16(19)6-8-17;/h4-10,15H,11-14H2,1-3H3,(H,20,21);1H. The maximum atomic E-state index is 5.87. The molecule has 2 rings (SSSR count). The molecule has 0 saturated carbocycles. The molecular weight excluding hydrogens is 465 g/mol. The van der Waals surface area contributed by atoms with E-state index in [-0.39, 0.29) is 24.0 Å². The van der Waals surface area contributed by atoms with Crippen molar-refractivity contribution in [1.82, 2.24) is 20.0 Å². The lowest BCUT2D eigenvalue weighted by molar-refractivity contribution is 0.280. The molecule has 1 heterocycles. The predicted molar refractivity (Wildman–Crippen MR) is 118 cm³/mol. The van der Waals surface area contributed by atoms with E-state index in [1.54, 1.807) is 13.2 Å².